The molecule has 168 valence electrons. The number of ether oxygens (including phenoxy) is 3. The molecule has 8 heteroatoms. The molecular formula is C24H25NO5S2. The van der Waals surface area contributed by atoms with E-state index in [-0.39, 0.29) is 12.5 Å². The first-order chi connectivity index (χ1) is 15.3. The second-order valence-corrected chi connectivity index (χ2v) is 8.84. The van der Waals surface area contributed by atoms with Gasteiger partial charge in [0.25, 0.3) is 5.91 Å². The van der Waals surface area contributed by atoms with Crippen LogP contribution in [0.25, 0.3) is 6.08 Å². The van der Waals surface area contributed by atoms with Crippen molar-refractivity contribution in [1.82, 2.24) is 4.90 Å². The Bertz CT molecular complexity index is 1050. The summed E-state index contributed by atoms with van der Waals surface area (Å²) in [7, 11) is 1.57. The number of rotatable bonds is 8. The number of hydrogen-bond acceptors (Lipinski definition) is 7. The van der Waals surface area contributed by atoms with Crippen LogP contribution < -0.4 is 9.47 Å². The van der Waals surface area contributed by atoms with Crippen molar-refractivity contribution >= 4 is 46.3 Å². The monoisotopic (exact) mass is 471 g/mol. The summed E-state index contributed by atoms with van der Waals surface area (Å²) in [5.41, 5.74) is 3.01. The van der Waals surface area contributed by atoms with Crippen LogP contribution >= 0.6 is 24.0 Å². The Hall–Kier alpha value is -2.84. The van der Waals surface area contributed by atoms with E-state index in [0.29, 0.717) is 27.3 Å². The number of carbonyl (C=O) groups is 2. The molecule has 1 amide bonds. The molecule has 1 aliphatic heterocycles. The van der Waals surface area contributed by atoms with Gasteiger partial charge in [0.15, 0.2) is 11.5 Å². The summed E-state index contributed by atoms with van der Waals surface area (Å²) >= 11 is 6.48. The third-order valence-electron chi connectivity index (χ3n) is 4.84. The lowest BCUT2D eigenvalue weighted by atomic mass is 10.1. The summed E-state index contributed by atoms with van der Waals surface area (Å²) < 4.78 is 16.7. The lowest BCUT2D eigenvalue weighted by Gasteiger charge is -2.21. The normalized spacial score (nSPS) is 15.8. The first kappa shape index (κ1) is 23.8. The predicted molar refractivity (Wildman–Crippen MR) is 130 cm³/mol. The minimum atomic E-state index is -0.777. The maximum Gasteiger partial charge on any atom is 0.329 e. The molecule has 3 rings (SSSR count). The van der Waals surface area contributed by atoms with E-state index in [1.165, 1.54) is 10.5 Å². The van der Waals surface area contributed by atoms with Crippen LogP contribution in [-0.4, -0.2) is 40.9 Å². The van der Waals surface area contributed by atoms with Gasteiger partial charge in [0.1, 0.15) is 17.0 Å². The van der Waals surface area contributed by atoms with Crippen LogP contribution in [0.3, 0.4) is 0 Å². The highest BCUT2D eigenvalue weighted by molar-refractivity contribution is 8.26. The van der Waals surface area contributed by atoms with E-state index in [2.05, 4.69) is 0 Å². The third kappa shape index (κ3) is 5.49. The maximum atomic E-state index is 12.9. The Kier molecular flexibility index (Phi) is 7.93. The van der Waals surface area contributed by atoms with Gasteiger partial charge in [-0.25, -0.2) is 4.79 Å². The number of benzene rings is 2. The average Bonchev–Trinajstić information content (AvgIpc) is 3.06. The molecule has 0 bridgehead atoms. The maximum absolute atomic E-state index is 12.9. The van der Waals surface area contributed by atoms with Gasteiger partial charge in [-0.2, -0.15) is 0 Å². The van der Waals surface area contributed by atoms with Crippen molar-refractivity contribution in [3.8, 4) is 11.5 Å². The van der Waals surface area contributed by atoms with E-state index < -0.39 is 12.0 Å². The first-order valence-corrected chi connectivity index (χ1v) is 11.4. The number of esters is 1. The number of nitrogens with zero attached hydrogens (tertiary/aromatic N) is 1. The summed E-state index contributed by atoms with van der Waals surface area (Å²) in [6.45, 7) is 6.02. The summed E-state index contributed by atoms with van der Waals surface area (Å²) in [6.07, 6.45) is 1.73. The molecular weight excluding hydrogens is 446 g/mol. The van der Waals surface area contributed by atoms with Crippen LogP contribution in [0, 0.1) is 6.92 Å². The molecule has 0 N–H and O–H groups in total. The Balaban J connectivity index is 1.75. The zero-order valence-corrected chi connectivity index (χ0v) is 20.0. The topological polar surface area (TPSA) is 65.1 Å². The van der Waals surface area contributed by atoms with Crippen LogP contribution in [0.1, 0.15) is 30.5 Å². The van der Waals surface area contributed by atoms with Crippen molar-refractivity contribution in [3.63, 3.8) is 0 Å². The lowest BCUT2D eigenvalue weighted by molar-refractivity contribution is -0.149. The summed E-state index contributed by atoms with van der Waals surface area (Å²) in [5, 5.41) is 0. The summed E-state index contributed by atoms with van der Waals surface area (Å²) in [4.78, 5) is 26.6. The Morgan fingerprint density at radius 3 is 2.56 bits per heavy atom. The van der Waals surface area contributed by atoms with Gasteiger partial charge in [-0.05, 0) is 50.1 Å². The molecule has 1 unspecified atom stereocenters. The highest BCUT2D eigenvalue weighted by Gasteiger charge is 2.38. The molecule has 2 aromatic carbocycles. The molecule has 0 spiro atoms. The van der Waals surface area contributed by atoms with Crippen LogP contribution in [0.2, 0.25) is 0 Å². The first-order valence-electron chi connectivity index (χ1n) is 10.1. The zero-order chi connectivity index (χ0) is 23.3. The molecule has 1 heterocycles. The Morgan fingerprint density at radius 1 is 1.19 bits per heavy atom. The molecule has 1 fully saturated rings. The van der Waals surface area contributed by atoms with Gasteiger partial charge in [-0.1, -0.05) is 59.9 Å². The van der Waals surface area contributed by atoms with Crippen molar-refractivity contribution in [3.05, 3.63) is 64.1 Å². The SMILES string of the molecule is CCOC(=O)C(C)N1C(=O)/C(=C/c2ccc(OCc3ccc(C)cc3)c(OC)c2)SC1=S. The van der Waals surface area contributed by atoms with Crippen molar-refractivity contribution in [2.75, 3.05) is 13.7 Å². The van der Waals surface area contributed by atoms with Gasteiger partial charge in [0, 0.05) is 0 Å². The van der Waals surface area contributed by atoms with E-state index >= 15 is 0 Å². The van der Waals surface area contributed by atoms with E-state index in [1.807, 2.05) is 37.3 Å². The number of methoxy groups -OCH3 is 1. The molecule has 1 saturated heterocycles. The van der Waals surface area contributed by atoms with Crippen molar-refractivity contribution in [2.24, 2.45) is 0 Å². The highest BCUT2D eigenvalue weighted by Crippen LogP contribution is 2.36. The highest BCUT2D eigenvalue weighted by atomic mass is 32.2. The van der Waals surface area contributed by atoms with Crippen molar-refractivity contribution in [2.45, 2.75) is 33.4 Å². The fourth-order valence-corrected chi connectivity index (χ4v) is 4.49. The van der Waals surface area contributed by atoms with Crippen LogP contribution in [-0.2, 0) is 20.9 Å². The number of carbonyl (C=O) groups excluding carboxylic acids is 2. The molecule has 1 aliphatic rings. The minimum absolute atomic E-state index is 0.242. The average molecular weight is 472 g/mol. The molecule has 0 aromatic heterocycles. The van der Waals surface area contributed by atoms with E-state index in [1.54, 1.807) is 39.2 Å². The number of aryl methyl sites for hydroxylation is 1. The number of amides is 1. The van der Waals surface area contributed by atoms with Gasteiger partial charge in [0.2, 0.25) is 0 Å². The second kappa shape index (κ2) is 10.7. The third-order valence-corrected chi connectivity index (χ3v) is 6.17. The van der Waals surface area contributed by atoms with Gasteiger partial charge in [0.05, 0.1) is 18.6 Å². The number of thiocarbonyl (C=S) groups is 1. The van der Waals surface area contributed by atoms with Crippen molar-refractivity contribution < 1.29 is 23.8 Å². The van der Waals surface area contributed by atoms with Crippen molar-refractivity contribution in [1.29, 1.82) is 0 Å². The van der Waals surface area contributed by atoms with Gasteiger partial charge in [-0.15, -0.1) is 0 Å². The van der Waals surface area contributed by atoms with E-state index in [4.69, 9.17) is 26.4 Å². The number of hydrogen-bond donors (Lipinski definition) is 0. The molecule has 1 atom stereocenters. The molecule has 0 radical (unpaired) electrons. The fraction of sp³-hybridized carbons (Fsp3) is 0.292. The quantitative estimate of drug-likeness (QED) is 0.313. The fourth-order valence-electron chi connectivity index (χ4n) is 3.07. The number of thioether (sulfide) groups is 1. The summed E-state index contributed by atoms with van der Waals surface area (Å²) in [5.74, 6) is 0.357. The molecule has 0 saturated carbocycles. The van der Waals surface area contributed by atoms with E-state index in [9.17, 15) is 9.59 Å². The smallest absolute Gasteiger partial charge is 0.329 e. The van der Waals surface area contributed by atoms with Crippen LogP contribution in [0.5, 0.6) is 11.5 Å². The standard InChI is InChI=1S/C24H25NO5S2/c1-5-29-23(27)16(3)25-22(26)21(32-24(25)31)13-18-10-11-19(20(12-18)28-4)30-14-17-8-6-15(2)7-9-17/h6-13,16H,5,14H2,1-4H3/b21-13-. The minimum Gasteiger partial charge on any atom is -0.493 e. The zero-order valence-electron chi connectivity index (χ0n) is 18.4. The Morgan fingerprint density at radius 2 is 1.91 bits per heavy atom. The van der Waals surface area contributed by atoms with Crippen LogP contribution in [0.15, 0.2) is 47.4 Å². The summed E-state index contributed by atoms with van der Waals surface area (Å²) in [6, 6.07) is 12.8. The molecule has 2 aromatic rings. The molecule has 0 aliphatic carbocycles. The van der Waals surface area contributed by atoms with Crippen LogP contribution in [0.4, 0.5) is 0 Å². The van der Waals surface area contributed by atoms with Gasteiger partial charge >= 0.3 is 5.97 Å². The van der Waals surface area contributed by atoms with E-state index in [0.717, 1.165) is 22.9 Å². The second-order valence-electron chi connectivity index (χ2n) is 7.16. The van der Waals surface area contributed by atoms with Gasteiger partial charge < -0.3 is 14.2 Å². The largest absolute Gasteiger partial charge is 0.493 e. The predicted octanol–water partition coefficient (Wildman–Crippen LogP) is 4.74. The lowest BCUT2D eigenvalue weighted by Crippen LogP contribution is -2.42. The van der Waals surface area contributed by atoms with Gasteiger partial charge in [-0.3, -0.25) is 9.69 Å². The Labute approximate surface area is 197 Å². The molecule has 6 nitrogen and oxygen atoms in total. The molecule has 32 heavy (non-hydrogen) atoms.